The fourth-order valence-electron chi connectivity index (χ4n) is 3.41. The second kappa shape index (κ2) is 6.73. The first kappa shape index (κ1) is 15.4. The number of nitrogens with one attached hydrogen (secondary N) is 1. The number of carbonyl (C=O) groups excluding carboxylic acids is 1. The minimum atomic E-state index is -0.943. The van der Waals surface area contributed by atoms with E-state index in [-0.39, 0.29) is 17.7 Å². The first-order valence-electron chi connectivity index (χ1n) is 7.81. The van der Waals surface area contributed by atoms with Crippen molar-refractivity contribution in [2.45, 2.75) is 43.4 Å². The second-order valence-corrected chi connectivity index (χ2v) is 6.10. The van der Waals surface area contributed by atoms with E-state index in [1.54, 1.807) is 12.4 Å². The highest BCUT2D eigenvalue weighted by Gasteiger charge is 2.43. The van der Waals surface area contributed by atoms with E-state index >= 15 is 0 Å². The number of rotatable bonds is 3. The van der Waals surface area contributed by atoms with Crippen molar-refractivity contribution in [3.8, 4) is 0 Å². The van der Waals surface area contributed by atoms with Gasteiger partial charge in [0, 0.05) is 37.4 Å². The fourth-order valence-corrected chi connectivity index (χ4v) is 3.41. The zero-order chi connectivity index (χ0) is 15.5. The van der Waals surface area contributed by atoms with E-state index in [4.69, 9.17) is 4.74 Å². The smallest absolute Gasteiger partial charge is 0.223 e. The van der Waals surface area contributed by atoms with Crippen molar-refractivity contribution in [1.29, 1.82) is 0 Å². The number of carbonyl (C=O) groups is 1. The number of aliphatic hydroxyl groups is 2. The molecule has 1 saturated carbocycles. The van der Waals surface area contributed by atoms with Crippen molar-refractivity contribution in [1.82, 2.24) is 10.3 Å². The molecular formula is C16H22N2O4. The lowest BCUT2D eigenvalue weighted by Crippen LogP contribution is -2.48. The topological polar surface area (TPSA) is 91.7 Å². The Hall–Kier alpha value is -1.50. The standard InChI is InChI=1S/C16H22N2O4/c19-13-9-12(10-1-5-17-6-2-10)14(15(13)20)18-16(21)11-3-7-22-8-4-11/h1-2,5-6,11-15,19-20H,3-4,7-9H2,(H,18,21)/t12-,13-,14-,15-/m1/s1. The number of pyridine rings is 1. The molecule has 2 fully saturated rings. The number of aliphatic hydroxyl groups excluding tert-OH is 2. The summed E-state index contributed by atoms with van der Waals surface area (Å²) in [4.78, 5) is 16.4. The van der Waals surface area contributed by atoms with E-state index in [0.29, 0.717) is 32.5 Å². The van der Waals surface area contributed by atoms with Crippen molar-refractivity contribution < 1.29 is 19.7 Å². The van der Waals surface area contributed by atoms with E-state index in [1.807, 2.05) is 12.1 Å². The van der Waals surface area contributed by atoms with Crippen molar-refractivity contribution in [2.24, 2.45) is 5.92 Å². The van der Waals surface area contributed by atoms with E-state index in [0.717, 1.165) is 5.56 Å². The summed E-state index contributed by atoms with van der Waals surface area (Å²) in [5, 5.41) is 23.2. The first-order chi connectivity index (χ1) is 10.7. The highest BCUT2D eigenvalue weighted by atomic mass is 16.5. The molecule has 1 saturated heterocycles. The van der Waals surface area contributed by atoms with Crippen LogP contribution in [0.4, 0.5) is 0 Å². The minimum Gasteiger partial charge on any atom is -0.390 e. The summed E-state index contributed by atoms with van der Waals surface area (Å²) in [6, 6.07) is 3.26. The Morgan fingerprint density at radius 3 is 2.59 bits per heavy atom. The van der Waals surface area contributed by atoms with E-state index in [1.165, 1.54) is 0 Å². The molecule has 4 atom stereocenters. The molecule has 0 aromatic carbocycles. The third-order valence-electron chi connectivity index (χ3n) is 4.73. The molecule has 2 heterocycles. The summed E-state index contributed by atoms with van der Waals surface area (Å²) in [6.45, 7) is 1.20. The zero-order valence-electron chi connectivity index (χ0n) is 12.4. The predicted molar refractivity (Wildman–Crippen MR) is 79.1 cm³/mol. The molecule has 120 valence electrons. The van der Waals surface area contributed by atoms with Crippen LogP contribution in [0.25, 0.3) is 0 Å². The van der Waals surface area contributed by atoms with Gasteiger partial charge in [-0.2, -0.15) is 0 Å². The molecule has 1 aliphatic heterocycles. The molecule has 0 spiro atoms. The summed E-state index contributed by atoms with van der Waals surface area (Å²) in [7, 11) is 0. The molecule has 1 aromatic rings. The third-order valence-corrected chi connectivity index (χ3v) is 4.73. The maximum atomic E-state index is 12.4. The van der Waals surface area contributed by atoms with E-state index in [9.17, 15) is 15.0 Å². The average Bonchev–Trinajstić information content (AvgIpc) is 2.85. The van der Waals surface area contributed by atoms with Gasteiger partial charge in [-0.05, 0) is 37.0 Å². The molecule has 1 amide bonds. The van der Waals surface area contributed by atoms with Gasteiger partial charge in [0.05, 0.1) is 12.1 Å². The molecule has 2 aliphatic rings. The van der Waals surface area contributed by atoms with Gasteiger partial charge in [0.2, 0.25) is 5.91 Å². The van der Waals surface area contributed by atoms with Crippen LogP contribution in [0.2, 0.25) is 0 Å². The lowest BCUT2D eigenvalue weighted by Gasteiger charge is -2.28. The quantitative estimate of drug-likeness (QED) is 0.742. The number of hydrogen-bond acceptors (Lipinski definition) is 5. The molecule has 3 rings (SSSR count). The molecule has 22 heavy (non-hydrogen) atoms. The van der Waals surface area contributed by atoms with Gasteiger partial charge in [-0.25, -0.2) is 0 Å². The van der Waals surface area contributed by atoms with Crippen molar-refractivity contribution in [2.75, 3.05) is 13.2 Å². The Morgan fingerprint density at radius 1 is 1.23 bits per heavy atom. The molecule has 6 nitrogen and oxygen atoms in total. The Balaban J connectivity index is 1.72. The summed E-state index contributed by atoms with van der Waals surface area (Å²) >= 11 is 0. The van der Waals surface area contributed by atoms with Crippen LogP contribution in [0.3, 0.4) is 0 Å². The lowest BCUT2D eigenvalue weighted by atomic mass is 9.93. The van der Waals surface area contributed by atoms with Gasteiger partial charge < -0.3 is 20.3 Å². The van der Waals surface area contributed by atoms with Gasteiger partial charge in [-0.15, -0.1) is 0 Å². The SMILES string of the molecule is O=C(N[C@H]1[C@H](O)[C@H](O)C[C@@H]1c1ccncc1)C1CCOCC1. The summed E-state index contributed by atoms with van der Waals surface area (Å²) in [5.74, 6) is -0.228. The molecule has 0 bridgehead atoms. The van der Waals surface area contributed by atoms with Crippen LogP contribution in [0.1, 0.15) is 30.7 Å². The van der Waals surface area contributed by atoms with Crippen LogP contribution < -0.4 is 5.32 Å². The van der Waals surface area contributed by atoms with Crippen molar-refractivity contribution in [3.05, 3.63) is 30.1 Å². The van der Waals surface area contributed by atoms with Crippen LogP contribution >= 0.6 is 0 Å². The average molecular weight is 306 g/mol. The fraction of sp³-hybridized carbons (Fsp3) is 0.625. The summed E-state index contributed by atoms with van der Waals surface area (Å²) < 4.78 is 5.27. The molecule has 1 aliphatic carbocycles. The Bertz CT molecular complexity index is 504. The number of nitrogens with zero attached hydrogens (tertiary/aromatic N) is 1. The largest absolute Gasteiger partial charge is 0.390 e. The molecular weight excluding hydrogens is 284 g/mol. The number of hydrogen-bond donors (Lipinski definition) is 3. The van der Waals surface area contributed by atoms with E-state index in [2.05, 4.69) is 10.3 Å². The number of ether oxygens (including phenoxy) is 1. The van der Waals surface area contributed by atoms with Crippen LogP contribution in [0.15, 0.2) is 24.5 Å². The molecule has 3 N–H and O–H groups in total. The van der Waals surface area contributed by atoms with Crippen LogP contribution in [0, 0.1) is 5.92 Å². The zero-order valence-corrected chi connectivity index (χ0v) is 12.4. The molecule has 1 aromatic heterocycles. The Labute approximate surface area is 129 Å². The maximum Gasteiger partial charge on any atom is 0.223 e. The first-order valence-corrected chi connectivity index (χ1v) is 7.81. The van der Waals surface area contributed by atoms with Crippen LogP contribution in [0.5, 0.6) is 0 Å². The highest BCUT2D eigenvalue weighted by Crippen LogP contribution is 2.35. The van der Waals surface area contributed by atoms with E-state index < -0.39 is 18.2 Å². The second-order valence-electron chi connectivity index (χ2n) is 6.10. The van der Waals surface area contributed by atoms with Crippen molar-refractivity contribution in [3.63, 3.8) is 0 Å². The minimum absolute atomic E-state index is 0.0551. The van der Waals surface area contributed by atoms with Gasteiger partial charge >= 0.3 is 0 Å². The monoisotopic (exact) mass is 306 g/mol. The maximum absolute atomic E-state index is 12.4. The van der Waals surface area contributed by atoms with Gasteiger partial charge in [0.1, 0.15) is 6.10 Å². The van der Waals surface area contributed by atoms with Crippen molar-refractivity contribution >= 4 is 5.91 Å². The van der Waals surface area contributed by atoms with Gasteiger partial charge in [0.25, 0.3) is 0 Å². The molecule has 6 heteroatoms. The van der Waals surface area contributed by atoms with Crippen LogP contribution in [-0.4, -0.2) is 52.6 Å². The Morgan fingerprint density at radius 2 is 1.91 bits per heavy atom. The summed E-state index contributed by atoms with van der Waals surface area (Å²) in [5.41, 5.74) is 0.975. The lowest BCUT2D eigenvalue weighted by molar-refractivity contribution is -0.129. The molecule has 0 unspecified atom stereocenters. The van der Waals surface area contributed by atoms with Gasteiger partial charge in [0.15, 0.2) is 0 Å². The van der Waals surface area contributed by atoms with Crippen LogP contribution in [-0.2, 0) is 9.53 Å². The number of amides is 1. The number of aromatic nitrogens is 1. The third kappa shape index (κ3) is 3.14. The normalized spacial score (nSPS) is 32.8. The van der Waals surface area contributed by atoms with Gasteiger partial charge in [-0.1, -0.05) is 0 Å². The van der Waals surface area contributed by atoms with Gasteiger partial charge in [-0.3, -0.25) is 9.78 Å². The summed E-state index contributed by atoms with van der Waals surface area (Å²) in [6.07, 6.45) is 3.45. The molecule has 0 radical (unpaired) electrons. The predicted octanol–water partition coefficient (Wildman–Crippen LogP) is 0.202. The highest BCUT2D eigenvalue weighted by molar-refractivity contribution is 5.79. The Kier molecular flexibility index (Phi) is 4.71.